The van der Waals surface area contributed by atoms with Gasteiger partial charge in [0.15, 0.2) is 11.5 Å². The normalized spacial score (nSPS) is 10.2. The van der Waals surface area contributed by atoms with Crippen LogP contribution in [0.1, 0.15) is 40.2 Å². The van der Waals surface area contributed by atoms with Gasteiger partial charge >= 0.3 is 6.09 Å². The summed E-state index contributed by atoms with van der Waals surface area (Å²) >= 11 is 0. The Morgan fingerprint density at radius 3 is 2.27 bits per heavy atom. The summed E-state index contributed by atoms with van der Waals surface area (Å²) in [5, 5.41) is 10.3. The van der Waals surface area contributed by atoms with Crippen LogP contribution in [0, 0.1) is 0 Å². The first-order chi connectivity index (χ1) is 14.1. The summed E-state index contributed by atoms with van der Waals surface area (Å²) in [6.07, 6.45) is 6.25. The third kappa shape index (κ3) is 8.64. The first-order valence-electron chi connectivity index (χ1n) is 9.33. The molecule has 160 valence electrons. The number of nitrogens with zero attached hydrogens (tertiary/aromatic N) is 4. The topological polar surface area (TPSA) is 106 Å². The zero-order valence-electron chi connectivity index (χ0n) is 18.3. The molecule has 0 spiro atoms. The fourth-order valence-electron chi connectivity index (χ4n) is 2.04. The van der Waals surface area contributed by atoms with Gasteiger partial charge in [-0.15, -0.1) is 19.7 Å². The average molecular weight is 411 g/mol. The first kappa shape index (κ1) is 24.5. The van der Waals surface area contributed by atoms with Gasteiger partial charge in [0.1, 0.15) is 5.60 Å². The van der Waals surface area contributed by atoms with E-state index >= 15 is 0 Å². The van der Waals surface area contributed by atoms with Crippen LogP contribution in [0.25, 0.3) is 22.4 Å². The van der Waals surface area contributed by atoms with Crippen LogP contribution in [-0.4, -0.2) is 36.8 Å². The highest BCUT2D eigenvalue weighted by atomic mass is 16.6. The van der Waals surface area contributed by atoms with Crippen molar-refractivity contribution >= 4 is 17.1 Å². The Morgan fingerprint density at radius 2 is 1.70 bits per heavy atom. The number of ether oxygens (including phenoxy) is 1. The van der Waals surface area contributed by atoms with E-state index in [-0.39, 0.29) is 0 Å². The second-order valence-electron chi connectivity index (χ2n) is 7.51. The molecular weight excluding hydrogens is 380 g/mol. The quantitative estimate of drug-likeness (QED) is 0.600. The van der Waals surface area contributed by atoms with Crippen molar-refractivity contribution in [2.45, 2.75) is 46.8 Å². The number of carbonyl (C=O) groups excluding carboxylic acids is 1. The minimum Gasteiger partial charge on any atom is -0.444 e. The Kier molecular flexibility index (Phi) is 9.35. The monoisotopic (exact) mass is 410 g/mol. The number of amides is 1. The van der Waals surface area contributed by atoms with Crippen LogP contribution in [0.5, 0.6) is 0 Å². The highest BCUT2D eigenvalue weighted by Crippen LogP contribution is 2.18. The predicted octanol–water partition coefficient (Wildman–Crippen LogP) is 4.82. The average Bonchev–Trinajstić information content (AvgIpc) is 3.14. The molecule has 2 N–H and O–H groups in total. The van der Waals surface area contributed by atoms with E-state index in [0.29, 0.717) is 12.4 Å². The number of pyridine rings is 1. The number of aromatic nitrogens is 5. The Labute approximate surface area is 177 Å². The molecule has 3 aromatic heterocycles. The van der Waals surface area contributed by atoms with Gasteiger partial charge in [0.2, 0.25) is 0 Å². The van der Waals surface area contributed by atoms with Gasteiger partial charge in [-0.05, 0) is 40.7 Å². The van der Waals surface area contributed by atoms with E-state index in [9.17, 15) is 4.79 Å². The molecule has 30 heavy (non-hydrogen) atoms. The molecule has 0 aromatic carbocycles. The van der Waals surface area contributed by atoms with Crippen molar-refractivity contribution in [3.05, 3.63) is 61.7 Å². The molecule has 0 aliphatic carbocycles. The van der Waals surface area contributed by atoms with E-state index in [1.165, 1.54) is 5.57 Å². The highest BCUT2D eigenvalue weighted by molar-refractivity contribution is 5.78. The van der Waals surface area contributed by atoms with Crippen LogP contribution >= 0.6 is 0 Å². The van der Waals surface area contributed by atoms with Crippen molar-refractivity contribution < 1.29 is 9.53 Å². The van der Waals surface area contributed by atoms with Crippen LogP contribution in [0.2, 0.25) is 0 Å². The standard InChI is InChI=1S/C16H18N6O2.C4H8.C2H4/c1-16(2,3)24-15(23)20-7-10-5-17-13(18-6-10)11-4-12-9-21-22-14(12)19-8-11;1-4(2)3;1-2/h4-6,8-9H,7H2,1-3H3,(H,20,23)(H,19,21,22);1H2,2-3H3;1-2H2. The summed E-state index contributed by atoms with van der Waals surface area (Å²) in [7, 11) is 0. The van der Waals surface area contributed by atoms with Gasteiger partial charge in [0, 0.05) is 41.6 Å². The van der Waals surface area contributed by atoms with Crippen LogP contribution in [-0.2, 0) is 11.3 Å². The maximum Gasteiger partial charge on any atom is 0.407 e. The number of carbonyl (C=O) groups is 1. The van der Waals surface area contributed by atoms with E-state index < -0.39 is 11.7 Å². The van der Waals surface area contributed by atoms with Gasteiger partial charge in [-0.1, -0.05) is 5.57 Å². The molecule has 0 atom stereocenters. The van der Waals surface area contributed by atoms with E-state index in [4.69, 9.17) is 4.74 Å². The highest BCUT2D eigenvalue weighted by Gasteiger charge is 2.15. The van der Waals surface area contributed by atoms with Crippen molar-refractivity contribution in [2.24, 2.45) is 0 Å². The maximum atomic E-state index is 11.6. The summed E-state index contributed by atoms with van der Waals surface area (Å²) in [6, 6.07) is 1.92. The number of allylic oxidation sites excluding steroid dienone is 1. The van der Waals surface area contributed by atoms with E-state index in [2.05, 4.69) is 50.2 Å². The smallest absolute Gasteiger partial charge is 0.407 e. The van der Waals surface area contributed by atoms with Gasteiger partial charge in [0.25, 0.3) is 0 Å². The molecule has 0 unspecified atom stereocenters. The Bertz CT molecular complexity index is 954. The molecule has 0 bridgehead atoms. The minimum absolute atomic E-state index is 0.300. The van der Waals surface area contributed by atoms with E-state index in [1.807, 2.05) is 40.7 Å². The molecule has 8 nitrogen and oxygen atoms in total. The van der Waals surface area contributed by atoms with E-state index in [1.54, 1.807) is 24.8 Å². The number of hydrogen-bond donors (Lipinski definition) is 2. The van der Waals surface area contributed by atoms with Crippen LogP contribution in [0.4, 0.5) is 4.79 Å². The zero-order chi connectivity index (χ0) is 22.7. The largest absolute Gasteiger partial charge is 0.444 e. The first-order valence-corrected chi connectivity index (χ1v) is 9.33. The van der Waals surface area contributed by atoms with Crippen molar-refractivity contribution in [1.29, 1.82) is 0 Å². The molecule has 3 rings (SSSR count). The van der Waals surface area contributed by atoms with Crippen molar-refractivity contribution in [3.8, 4) is 11.4 Å². The lowest BCUT2D eigenvalue weighted by molar-refractivity contribution is 0.0523. The summed E-state index contributed by atoms with van der Waals surface area (Å²) in [5.74, 6) is 0.562. The molecule has 1 amide bonds. The van der Waals surface area contributed by atoms with Crippen LogP contribution in [0.3, 0.4) is 0 Å². The minimum atomic E-state index is -0.525. The van der Waals surface area contributed by atoms with Crippen molar-refractivity contribution in [1.82, 2.24) is 30.5 Å². The lowest BCUT2D eigenvalue weighted by Gasteiger charge is -2.19. The number of alkyl carbamates (subject to hydrolysis) is 1. The number of fused-ring (bicyclic) bond motifs is 1. The third-order valence-corrected chi connectivity index (χ3v) is 3.09. The summed E-state index contributed by atoms with van der Waals surface area (Å²) < 4.78 is 5.18. The molecule has 3 heterocycles. The van der Waals surface area contributed by atoms with Crippen molar-refractivity contribution in [2.75, 3.05) is 0 Å². The van der Waals surface area contributed by atoms with Crippen LogP contribution < -0.4 is 5.32 Å². The number of H-pyrrole nitrogens is 1. The molecule has 0 saturated carbocycles. The fraction of sp³-hybridized carbons (Fsp3) is 0.318. The van der Waals surface area contributed by atoms with Gasteiger partial charge in [-0.3, -0.25) is 5.10 Å². The molecule has 0 aliphatic rings. The number of rotatable bonds is 3. The third-order valence-electron chi connectivity index (χ3n) is 3.09. The SMILES string of the molecule is C=C.C=C(C)C.CC(C)(C)OC(=O)NCc1cnc(-c2cnc3[nH]ncc3c2)nc1. The lowest BCUT2D eigenvalue weighted by atomic mass is 10.2. The Hall–Kier alpha value is -3.55. The van der Waals surface area contributed by atoms with Crippen LogP contribution in [0.15, 0.2) is 56.2 Å². The number of aromatic amines is 1. The summed E-state index contributed by atoms with van der Waals surface area (Å²) in [6.45, 7) is 19.2. The maximum absolute atomic E-state index is 11.6. The molecule has 0 fully saturated rings. The molecule has 0 radical (unpaired) electrons. The van der Waals surface area contributed by atoms with Gasteiger partial charge in [0.05, 0.1) is 6.20 Å². The van der Waals surface area contributed by atoms with Gasteiger partial charge in [-0.25, -0.2) is 19.7 Å². The van der Waals surface area contributed by atoms with Gasteiger partial charge in [-0.2, -0.15) is 5.10 Å². The molecule has 8 heteroatoms. The van der Waals surface area contributed by atoms with E-state index in [0.717, 1.165) is 22.2 Å². The number of nitrogens with one attached hydrogen (secondary N) is 2. The second-order valence-corrected chi connectivity index (χ2v) is 7.51. The lowest BCUT2D eigenvalue weighted by Crippen LogP contribution is -2.32. The molecule has 0 aliphatic heterocycles. The zero-order valence-corrected chi connectivity index (χ0v) is 18.3. The molecular formula is C22H30N6O2. The summed E-state index contributed by atoms with van der Waals surface area (Å²) in [5.41, 5.74) is 2.94. The Morgan fingerprint density at radius 1 is 1.10 bits per heavy atom. The molecule has 3 aromatic rings. The van der Waals surface area contributed by atoms with Crippen molar-refractivity contribution in [3.63, 3.8) is 0 Å². The van der Waals surface area contributed by atoms with Gasteiger partial charge < -0.3 is 10.1 Å². The fourth-order valence-corrected chi connectivity index (χ4v) is 2.04. The predicted molar refractivity (Wildman–Crippen MR) is 120 cm³/mol. The molecule has 0 saturated heterocycles. The second kappa shape index (κ2) is 11.5. The number of hydrogen-bond acceptors (Lipinski definition) is 6. The Balaban J connectivity index is 0.000000673. The summed E-state index contributed by atoms with van der Waals surface area (Å²) in [4.78, 5) is 24.5.